The molecule has 3 nitrogen and oxygen atoms in total. The van der Waals surface area contributed by atoms with Crippen LogP contribution in [0.2, 0.25) is 0 Å². The third-order valence-corrected chi connectivity index (χ3v) is 2.32. The summed E-state index contributed by atoms with van der Waals surface area (Å²) in [7, 11) is 1.34. The lowest BCUT2D eigenvalue weighted by Crippen LogP contribution is -1.97. The average Bonchev–Trinajstić information content (AvgIpc) is 2.44. The van der Waals surface area contributed by atoms with Gasteiger partial charge >= 0.3 is 5.97 Å². The first-order valence-electron chi connectivity index (χ1n) is 4.19. The number of aromatic nitrogens is 1. The normalized spacial score (nSPS) is 10.9. The van der Waals surface area contributed by atoms with Gasteiger partial charge in [0.15, 0.2) is 5.82 Å². The summed E-state index contributed by atoms with van der Waals surface area (Å²) in [4.78, 5) is 10.7. The fraction of sp³-hybridized carbons (Fsp3) is 0.100. The molecule has 1 heterocycles. The van der Waals surface area contributed by atoms with E-state index in [9.17, 15) is 13.6 Å². The van der Waals surface area contributed by atoms with Gasteiger partial charge in [0, 0.05) is 12.4 Å². The Morgan fingerprint density at radius 1 is 1.40 bits per heavy atom. The van der Waals surface area contributed by atoms with Crippen LogP contribution in [0.4, 0.5) is 8.78 Å². The van der Waals surface area contributed by atoms with E-state index in [1.807, 2.05) is 0 Å². The van der Waals surface area contributed by atoms with Crippen LogP contribution in [0.25, 0.3) is 10.9 Å². The highest BCUT2D eigenvalue weighted by Gasteiger charge is 2.16. The van der Waals surface area contributed by atoms with Crippen molar-refractivity contribution in [3.05, 3.63) is 35.5 Å². The molecule has 1 aromatic carbocycles. The van der Waals surface area contributed by atoms with Crippen molar-refractivity contribution in [3.63, 3.8) is 0 Å². The van der Waals surface area contributed by atoms with E-state index in [0.29, 0.717) is 0 Å². The number of hydrogen-bond acceptors (Lipinski definition) is 1. The molecule has 0 aliphatic carbocycles. The molecule has 2 aromatic rings. The van der Waals surface area contributed by atoms with Crippen molar-refractivity contribution in [1.29, 1.82) is 0 Å². The molecule has 1 N–H and O–H groups in total. The minimum atomic E-state index is -1.13. The topological polar surface area (TPSA) is 42.2 Å². The third kappa shape index (κ3) is 1.27. The van der Waals surface area contributed by atoms with Crippen LogP contribution in [-0.2, 0) is 7.05 Å². The van der Waals surface area contributed by atoms with Crippen LogP contribution in [0.15, 0.2) is 18.2 Å². The summed E-state index contributed by atoms with van der Waals surface area (Å²) >= 11 is 0. The predicted molar refractivity (Wildman–Crippen MR) is 49.8 cm³/mol. The molecular formula is C10H7F2NO2. The lowest BCUT2D eigenvalue weighted by atomic mass is 10.1. The van der Waals surface area contributed by atoms with E-state index < -0.39 is 17.7 Å². The SMILES string of the molecule is Cn1c(F)c(F)c2ccc(C(=O)O)cc21. The first kappa shape index (κ1) is 9.64. The van der Waals surface area contributed by atoms with Crippen molar-refractivity contribution >= 4 is 16.9 Å². The number of rotatable bonds is 1. The van der Waals surface area contributed by atoms with Gasteiger partial charge in [0.05, 0.1) is 11.1 Å². The summed E-state index contributed by atoms with van der Waals surface area (Å²) < 4.78 is 27.3. The molecule has 0 atom stereocenters. The Morgan fingerprint density at radius 3 is 2.67 bits per heavy atom. The van der Waals surface area contributed by atoms with E-state index in [-0.39, 0.29) is 16.5 Å². The maximum atomic E-state index is 13.2. The van der Waals surface area contributed by atoms with E-state index in [4.69, 9.17) is 5.11 Å². The highest BCUT2D eigenvalue weighted by molar-refractivity contribution is 5.93. The molecule has 0 unspecified atom stereocenters. The lowest BCUT2D eigenvalue weighted by Gasteiger charge is -1.97. The number of nitrogens with zero attached hydrogens (tertiary/aromatic N) is 1. The highest BCUT2D eigenvalue weighted by atomic mass is 19.2. The molecule has 0 bridgehead atoms. The van der Waals surface area contributed by atoms with E-state index in [0.717, 1.165) is 4.57 Å². The summed E-state index contributed by atoms with van der Waals surface area (Å²) in [6.45, 7) is 0. The van der Waals surface area contributed by atoms with Gasteiger partial charge in [-0.3, -0.25) is 0 Å². The maximum absolute atomic E-state index is 13.2. The Kier molecular flexibility index (Phi) is 1.96. The van der Waals surface area contributed by atoms with Crippen molar-refractivity contribution in [2.24, 2.45) is 7.05 Å². The van der Waals surface area contributed by atoms with E-state index >= 15 is 0 Å². The number of carboxylic acid groups (broad SMARTS) is 1. The number of carboxylic acids is 1. The molecular weight excluding hydrogens is 204 g/mol. The van der Waals surface area contributed by atoms with E-state index in [2.05, 4.69) is 0 Å². The molecule has 2 rings (SSSR count). The van der Waals surface area contributed by atoms with E-state index in [1.54, 1.807) is 0 Å². The number of halogens is 2. The van der Waals surface area contributed by atoms with Crippen LogP contribution in [-0.4, -0.2) is 15.6 Å². The molecule has 0 aliphatic rings. The lowest BCUT2D eigenvalue weighted by molar-refractivity contribution is 0.0697. The van der Waals surface area contributed by atoms with Gasteiger partial charge in [0.2, 0.25) is 5.95 Å². The summed E-state index contributed by atoms with van der Waals surface area (Å²) in [5, 5.41) is 8.80. The predicted octanol–water partition coefficient (Wildman–Crippen LogP) is 2.15. The standard InChI is InChI=1S/C10H7F2NO2/c1-13-7-4-5(10(14)15)2-3-6(7)8(11)9(13)12/h2-4H,1H3,(H,14,15). The molecule has 0 radical (unpaired) electrons. The number of aromatic carboxylic acids is 1. The van der Waals surface area contributed by atoms with Crippen molar-refractivity contribution in [2.75, 3.05) is 0 Å². The van der Waals surface area contributed by atoms with E-state index in [1.165, 1.54) is 25.2 Å². The van der Waals surface area contributed by atoms with Gasteiger partial charge in [0.1, 0.15) is 0 Å². The van der Waals surface area contributed by atoms with Crippen molar-refractivity contribution in [3.8, 4) is 0 Å². The molecule has 1 aromatic heterocycles. The summed E-state index contributed by atoms with van der Waals surface area (Å²) in [6, 6.07) is 3.74. The van der Waals surface area contributed by atoms with Gasteiger partial charge in [-0.2, -0.15) is 4.39 Å². The number of fused-ring (bicyclic) bond motifs is 1. The highest BCUT2D eigenvalue weighted by Crippen LogP contribution is 2.23. The van der Waals surface area contributed by atoms with Crippen LogP contribution in [0, 0.1) is 11.8 Å². The van der Waals surface area contributed by atoms with Crippen molar-refractivity contribution in [1.82, 2.24) is 4.57 Å². The fourth-order valence-electron chi connectivity index (χ4n) is 1.49. The quantitative estimate of drug-likeness (QED) is 0.785. The molecule has 78 valence electrons. The van der Waals surface area contributed by atoms with Crippen molar-refractivity contribution < 1.29 is 18.7 Å². The summed E-state index contributed by atoms with van der Waals surface area (Å²) in [5.41, 5.74) is 0.230. The number of carbonyl (C=O) groups is 1. The zero-order valence-electron chi connectivity index (χ0n) is 7.79. The van der Waals surface area contributed by atoms with Crippen LogP contribution < -0.4 is 0 Å². The largest absolute Gasteiger partial charge is 0.478 e. The molecule has 0 saturated carbocycles. The number of benzene rings is 1. The van der Waals surface area contributed by atoms with Crippen LogP contribution in [0.3, 0.4) is 0 Å². The van der Waals surface area contributed by atoms with Crippen LogP contribution in [0.5, 0.6) is 0 Å². The fourth-order valence-corrected chi connectivity index (χ4v) is 1.49. The number of hydrogen-bond donors (Lipinski definition) is 1. The van der Waals surface area contributed by atoms with Gasteiger partial charge in [-0.25, -0.2) is 9.18 Å². The molecule has 0 fully saturated rings. The first-order valence-corrected chi connectivity index (χ1v) is 4.19. The Hall–Kier alpha value is -1.91. The molecule has 0 spiro atoms. The molecule has 0 saturated heterocycles. The summed E-state index contributed by atoms with van der Waals surface area (Å²) in [5.74, 6) is -3.07. The van der Waals surface area contributed by atoms with Gasteiger partial charge in [0.25, 0.3) is 0 Å². The molecule has 0 aliphatic heterocycles. The van der Waals surface area contributed by atoms with Crippen LogP contribution >= 0.6 is 0 Å². The van der Waals surface area contributed by atoms with Crippen molar-refractivity contribution in [2.45, 2.75) is 0 Å². The minimum Gasteiger partial charge on any atom is -0.478 e. The second-order valence-corrected chi connectivity index (χ2v) is 3.20. The maximum Gasteiger partial charge on any atom is 0.335 e. The minimum absolute atomic E-state index is 0.00287. The Morgan fingerprint density at radius 2 is 2.07 bits per heavy atom. The monoisotopic (exact) mass is 211 g/mol. The zero-order chi connectivity index (χ0) is 11.2. The second kappa shape index (κ2) is 3.05. The molecule has 15 heavy (non-hydrogen) atoms. The third-order valence-electron chi connectivity index (χ3n) is 2.32. The smallest absolute Gasteiger partial charge is 0.335 e. The Balaban J connectivity index is 2.82. The average molecular weight is 211 g/mol. The molecule has 5 heteroatoms. The zero-order valence-corrected chi connectivity index (χ0v) is 7.79. The van der Waals surface area contributed by atoms with Gasteiger partial charge in [-0.05, 0) is 18.2 Å². The van der Waals surface area contributed by atoms with Crippen LogP contribution in [0.1, 0.15) is 10.4 Å². The Labute approximate surface area is 83.5 Å². The molecule has 0 amide bonds. The van der Waals surface area contributed by atoms with Gasteiger partial charge < -0.3 is 9.67 Å². The van der Waals surface area contributed by atoms with Gasteiger partial charge in [-0.1, -0.05) is 0 Å². The first-order chi connectivity index (χ1) is 7.02. The number of aryl methyl sites for hydroxylation is 1. The second-order valence-electron chi connectivity index (χ2n) is 3.20. The summed E-state index contributed by atoms with van der Waals surface area (Å²) in [6.07, 6.45) is 0. The Bertz CT molecular complexity index is 560. The van der Waals surface area contributed by atoms with Gasteiger partial charge in [-0.15, -0.1) is 0 Å².